The number of urea groups is 1. The molecule has 2 amide bonds. The van der Waals surface area contributed by atoms with Crippen LogP contribution in [0.1, 0.15) is 12.0 Å². The number of nitrogens with zero attached hydrogens (tertiary/aromatic N) is 4. The highest BCUT2D eigenvalue weighted by atomic mass is 33.1. The maximum absolute atomic E-state index is 12.1. The molecule has 0 unspecified atom stereocenters. The number of aromatic hydroxyl groups is 1. The van der Waals surface area contributed by atoms with E-state index in [-0.39, 0.29) is 17.8 Å². The molecule has 1 aromatic carbocycles. The number of nitrogens with two attached hydrogens (primary N) is 1. The Balaban J connectivity index is 2.17. The Morgan fingerprint density at radius 2 is 1.97 bits per heavy atom. The minimum atomic E-state index is -0.225. The summed E-state index contributed by atoms with van der Waals surface area (Å²) in [4.78, 5) is 16.9. The van der Waals surface area contributed by atoms with E-state index in [1.165, 1.54) is 0 Å². The molecule has 0 aliphatic rings. The number of phenols is 1. The van der Waals surface area contributed by atoms with Crippen LogP contribution in [0.25, 0.3) is 10.4 Å². The van der Waals surface area contributed by atoms with E-state index in [9.17, 15) is 9.90 Å². The van der Waals surface area contributed by atoms with Crippen LogP contribution in [0.5, 0.6) is 5.75 Å². The lowest BCUT2D eigenvalue weighted by Crippen LogP contribution is -2.45. The highest BCUT2D eigenvalue weighted by molar-refractivity contribution is 8.76. The Hall–Kier alpha value is -2.40. The van der Waals surface area contributed by atoms with E-state index in [4.69, 9.17) is 11.3 Å². The number of rotatable bonds is 16. The third kappa shape index (κ3) is 13.8. The average molecular weight is 483 g/mol. The monoisotopic (exact) mass is 482 g/mol. The molecule has 0 saturated carbocycles. The Morgan fingerprint density at radius 3 is 2.66 bits per heavy atom. The van der Waals surface area contributed by atoms with Gasteiger partial charge in [0.25, 0.3) is 0 Å². The summed E-state index contributed by atoms with van der Waals surface area (Å²) >= 11 is 0. The Morgan fingerprint density at radius 1 is 1.25 bits per heavy atom. The van der Waals surface area contributed by atoms with Crippen molar-refractivity contribution in [2.24, 2.45) is 10.8 Å². The van der Waals surface area contributed by atoms with Gasteiger partial charge in [-0.3, -0.25) is 0 Å². The van der Waals surface area contributed by atoms with E-state index in [2.05, 4.69) is 30.9 Å². The first-order valence-corrected chi connectivity index (χ1v) is 12.8. The molecule has 6 N–H and O–H groups in total. The molecule has 0 fully saturated rings. The van der Waals surface area contributed by atoms with Gasteiger partial charge in [-0.15, -0.1) is 0 Å². The molecular weight excluding hydrogens is 448 g/mol. The van der Waals surface area contributed by atoms with Gasteiger partial charge in [0.2, 0.25) is 0 Å². The molecule has 0 heterocycles. The van der Waals surface area contributed by atoms with Gasteiger partial charge in [0.05, 0.1) is 0 Å². The fraction of sp³-hybridized carbons (Fsp3) is 0.550. The summed E-state index contributed by atoms with van der Waals surface area (Å²) in [5.74, 6) is 1.95. The van der Waals surface area contributed by atoms with Crippen LogP contribution in [-0.2, 0) is 6.42 Å². The standard InChI is InChI=1S/C20H34N8O2S2/c1-28(2)18(13-16-3-5-19(29)6-4-16)15-25-20(30)24-8-7-17(21)14-23-9-11-31-32-12-10-26-27-22/h3-6,14,18,23,29H,7-13,15,21H2,1-2H3,(H2,24,25,30)/b17-14-/t18-/m0/s1. The number of nitrogens with one attached hydrogen (secondary N) is 3. The lowest BCUT2D eigenvalue weighted by atomic mass is 10.1. The summed E-state index contributed by atoms with van der Waals surface area (Å²) in [6, 6.07) is 7.02. The predicted octanol–water partition coefficient (Wildman–Crippen LogP) is 2.64. The molecule has 1 atom stereocenters. The van der Waals surface area contributed by atoms with Crippen LogP contribution in [0.15, 0.2) is 41.3 Å². The molecule has 0 aromatic heterocycles. The van der Waals surface area contributed by atoms with Crippen molar-refractivity contribution in [3.63, 3.8) is 0 Å². The Bertz CT molecular complexity index is 740. The molecule has 32 heavy (non-hydrogen) atoms. The number of carbonyl (C=O) groups excluding carboxylic acids is 1. The van der Waals surface area contributed by atoms with Gasteiger partial charge in [0.1, 0.15) is 5.75 Å². The number of benzene rings is 1. The summed E-state index contributed by atoms with van der Waals surface area (Å²) in [7, 11) is 7.33. The topological polar surface area (TPSA) is 151 Å². The Kier molecular flexibility index (Phi) is 14.8. The van der Waals surface area contributed by atoms with Gasteiger partial charge in [0, 0.05) is 67.0 Å². The zero-order valence-electron chi connectivity index (χ0n) is 18.7. The van der Waals surface area contributed by atoms with Gasteiger partial charge in [-0.2, -0.15) is 0 Å². The molecule has 0 bridgehead atoms. The molecule has 178 valence electrons. The Labute approximate surface area is 197 Å². The van der Waals surface area contributed by atoms with Crippen molar-refractivity contribution in [3.8, 4) is 5.75 Å². The number of azide groups is 1. The number of carbonyl (C=O) groups is 1. The van der Waals surface area contributed by atoms with Gasteiger partial charge in [-0.1, -0.05) is 38.8 Å². The second kappa shape index (κ2) is 17.2. The molecule has 1 aromatic rings. The average Bonchev–Trinajstić information content (AvgIpc) is 2.76. The van der Waals surface area contributed by atoms with Crippen molar-refractivity contribution in [2.75, 3.05) is 51.8 Å². The van der Waals surface area contributed by atoms with Crippen LogP contribution in [0.3, 0.4) is 0 Å². The van der Waals surface area contributed by atoms with Crippen molar-refractivity contribution in [2.45, 2.75) is 18.9 Å². The van der Waals surface area contributed by atoms with Gasteiger partial charge < -0.3 is 31.7 Å². The maximum Gasteiger partial charge on any atom is 0.314 e. The van der Waals surface area contributed by atoms with E-state index in [1.807, 2.05) is 26.2 Å². The van der Waals surface area contributed by atoms with Crippen LogP contribution in [0, 0.1) is 0 Å². The molecule has 12 heteroatoms. The maximum atomic E-state index is 12.1. The summed E-state index contributed by atoms with van der Waals surface area (Å²) in [5, 5.41) is 21.8. The molecule has 0 saturated heterocycles. The molecule has 0 aliphatic carbocycles. The highest BCUT2D eigenvalue weighted by Crippen LogP contribution is 2.19. The van der Waals surface area contributed by atoms with Crippen LogP contribution in [0.4, 0.5) is 4.79 Å². The molecule has 1 rings (SSSR count). The van der Waals surface area contributed by atoms with Crippen molar-refractivity contribution >= 4 is 27.6 Å². The SMILES string of the molecule is CN(C)[C@H](CNC(=O)NCC/C(N)=C/NCCSSCCN=[N+]=[N-])Cc1ccc(O)cc1. The first-order valence-electron chi connectivity index (χ1n) is 10.3. The van der Waals surface area contributed by atoms with Gasteiger partial charge in [-0.05, 0) is 43.7 Å². The van der Waals surface area contributed by atoms with Gasteiger partial charge in [0.15, 0.2) is 0 Å². The van der Waals surface area contributed by atoms with Crippen molar-refractivity contribution in [1.82, 2.24) is 20.9 Å². The van der Waals surface area contributed by atoms with E-state index in [0.29, 0.717) is 31.8 Å². The highest BCUT2D eigenvalue weighted by Gasteiger charge is 2.13. The van der Waals surface area contributed by atoms with E-state index in [0.717, 1.165) is 30.0 Å². The summed E-state index contributed by atoms with van der Waals surface area (Å²) in [5.41, 5.74) is 15.9. The minimum Gasteiger partial charge on any atom is -0.508 e. The largest absolute Gasteiger partial charge is 0.508 e. The van der Waals surface area contributed by atoms with Crippen molar-refractivity contribution < 1.29 is 9.90 Å². The number of likely N-dealkylation sites (N-methyl/N-ethyl adjacent to an activating group) is 1. The third-order valence-corrected chi connectivity index (χ3v) is 6.76. The van der Waals surface area contributed by atoms with Crippen molar-refractivity contribution in [3.05, 3.63) is 52.2 Å². The van der Waals surface area contributed by atoms with Gasteiger partial charge >= 0.3 is 6.03 Å². The smallest absolute Gasteiger partial charge is 0.314 e. The van der Waals surface area contributed by atoms with Crippen molar-refractivity contribution in [1.29, 1.82) is 0 Å². The van der Waals surface area contributed by atoms with Gasteiger partial charge in [-0.25, -0.2) is 4.79 Å². The quantitative estimate of drug-likeness (QED) is 0.0798. The van der Waals surface area contributed by atoms with E-state index >= 15 is 0 Å². The summed E-state index contributed by atoms with van der Waals surface area (Å²) in [6.45, 7) is 2.24. The fourth-order valence-electron chi connectivity index (χ4n) is 2.55. The number of amides is 2. The minimum absolute atomic E-state index is 0.134. The first kappa shape index (κ1) is 27.6. The molecule has 0 spiro atoms. The van der Waals surface area contributed by atoms with Crippen LogP contribution < -0.4 is 21.7 Å². The fourth-order valence-corrected chi connectivity index (χ4v) is 4.33. The number of hydrogen-bond acceptors (Lipinski definition) is 8. The lowest BCUT2D eigenvalue weighted by Gasteiger charge is -2.25. The van der Waals surface area contributed by atoms with Crippen LogP contribution >= 0.6 is 21.6 Å². The van der Waals surface area contributed by atoms with Crippen LogP contribution in [0.2, 0.25) is 0 Å². The van der Waals surface area contributed by atoms with E-state index in [1.54, 1.807) is 39.9 Å². The lowest BCUT2D eigenvalue weighted by molar-refractivity contribution is 0.232. The zero-order chi connectivity index (χ0) is 23.6. The second-order valence-corrected chi connectivity index (χ2v) is 9.85. The molecule has 0 radical (unpaired) electrons. The van der Waals surface area contributed by atoms with E-state index < -0.39 is 0 Å². The van der Waals surface area contributed by atoms with Crippen LogP contribution in [-0.4, -0.2) is 73.9 Å². The first-order chi connectivity index (χ1) is 15.4. The summed E-state index contributed by atoms with van der Waals surface area (Å²) < 4.78 is 0. The predicted molar refractivity (Wildman–Crippen MR) is 135 cm³/mol. The molecule has 10 nitrogen and oxygen atoms in total. The molecule has 0 aliphatic heterocycles. The summed E-state index contributed by atoms with van der Waals surface area (Å²) in [6.07, 6.45) is 3.09. The second-order valence-electron chi connectivity index (χ2n) is 7.15. The third-order valence-electron chi connectivity index (χ3n) is 4.37. The number of hydrogen-bond donors (Lipinski definition) is 5. The number of phenolic OH excluding ortho intramolecular Hbond substituents is 1. The normalized spacial score (nSPS) is 12.2. The zero-order valence-corrected chi connectivity index (χ0v) is 20.3. The molecular formula is C20H34N8O2S2.